The summed E-state index contributed by atoms with van der Waals surface area (Å²) in [6, 6.07) is 0. The lowest BCUT2D eigenvalue weighted by molar-refractivity contribution is -0.0532. The molecule has 0 amide bonds. The fourth-order valence-corrected chi connectivity index (χ4v) is 1.07. The minimum Gasteiger partial charge on any atom is -0.396 e. The molecule has 0 bridgehead atoms. The van der Waals surface area contributed by atoms with Gasteiger partial charge in [-0.15, -0.1) is 0 Å². The number of rotatable bonds is 6. The summed E-state index contributed by atoms with van der Waals surface area (Å²) in [5.41, 5.74) is -0.595. The highest BCUT2D eigenvalue weighted by Gasteiger charge is 2.31. The molecule has 3 heteroatoms. The van der Waals surface area contributed by atoms with E-state index in [1.807, 2.05) is 26.0 Å². The third-order valence-electron chi connectivity index (χ3n) is 2.12. The van der Waals surface area contributed by atoms with Crippen LogP contribution in [0.2, 0.25) is 0 Å². The van der Waals surface area contributed by atoms with E-state index in [0.29, 0.717) is 6.61 Å². The van der Waals surface area contributed by atoms with Crippen molar-refractivity contribution >= 4 is 0 Å². The number of hydrogen-bond acceptors (Lipinski definition) is 3. The van der Waals surface area contributed by atoms with E-state index in [2.05, 4.69) is 0 Å². The van der Waals surface area contributed by atoms with Gasteiger partial charge >= 0.3 is 0 Å². The summed E-state index contributed by atoms with van der Waals surface area (Å²) in [5.74, 6) is 0. The molecule has 0 aromatic heterocycles. The Labute approximate surface area is 80.0 Å². The molecule has 0 spiro atoms. The summed E-state index contributed by atoms with van der Waals surface area (Å²) in [6.07, 6.45) is 3.50. The standard InChI is InChI=1S/C10H20O3/c1-4-6-9(13-5-2)10(3,7-11)8-12/h4,6,9,11-12H,5,7-8H2,1-3H3/b6-4+. The van der Waals surface area contributed by atoms with Gasteiger partial charge in [0.15, 0.2) is 0 Å². The molecule has 1 unspecified atom stereocenters. The molecule has 13 heavy (non-hydrogen) atoms. The minimum absolute atomic E-state index is 0.0848. The van der Waals surface area contributed by atoms with Crippen molar-refractivity contribution in [1.82, 2.24) is 0 Å². The zero-order valence-electron chi connectivity index (χ0n) is 8.66. The van der Waals surface area contributed by atoms with Gasteiger partial charge in [0.05, 0.1) is 19.3 Å². The van der Waals surface area contributed by atoms with E-state index in [-0.39, 0.29) is 19.3 Å². The monoisotopic (exact) mass is 188 g/mol. The van der Waals surface area contributed by atoms with Crippen molar-refractivity contribution in [1.29, 1.82) is 0 Å². The molecule has 0 fully saturated rings. The van der Waals surface area contributed by atoms with Crippen LogP contribution >= 0.6 is 0 Å². The molecule has 0 aromatic carbocycles. The van der Waals surface area contributed by atoms with Crippen LogP contribution in [0.3, 0.4) is 0 Å². The highest BCUT2D eigenvalue weighted by atomic mass is 16.5. The lowest BCUT2D eigenvalue weighted by Crippen LogP contribution is -2.39. The Morgan fingerprint density at radius 3 is 2.23 bits per heavy atom. The first-order chi connectivity index (χ1) is 6.14. The molecule has 0 heterocycles. The first-order valence-electron chi connectivity index (χ1n) is 4.60. The number of aliphatic hydroxyl groups excluding tert-OH is 2. The van der Waals surface area contributed by atoms with E-state index in [1.54, 1.807) is 6.92 Å². The predicted molar refractivity (Wildman–Crippen MR) is 52.5 cm³/mol. The fourth-order valence-electron chi connectivity index (χ4n) is 1.07. The zero-order valence-corrected chi connectivity index (χ0v) is 8.66. The Hall–Kier alpha value is -0.380. The quantitative estimate of drug-likeness (QED) is 0.610. The van der Waals surface area contributed by atoms with E-state index in [9.17, 15) is 0 Å². The second-order valence-electron chi connectivity index (χ2n) is 3.37. The van der Waals surface area contributed by atoms with Gasteiger partial charge in [0.25, 0.3) is 0 Å². The van der Waals surface area contributed by atoms with E-state index in [0.717, 1.165) is 0 Å². The largest absolute Gasteiger partial charge is 0.396 e. The molecule has 0 radical (unpaired) electrons. The molecule has 3 nitrogen and oxygen atoms in total. The lowest BCUT2D eigenvalue weighted by Gasteiger charge is -2.32. The van der Waals surface area contributed by atoms with Crippen molar-refractivity contribution in [3.63, 3.8) is 0 Å². The maximum Gasteiger partial charge on any atom is 0.0853 e. The summed E-state index contributed by atoms with van der Waals surface area (Å²) in [5, 5.41) is 18.3. The zero-order chi connectivity index (χ0) is 10.3. The molecule has 2 N–H and O–H groups in total. The van der Waals surface area contributed by atoms with Gasteiger partial charge in [-0.1, -0.05) is 19.1 Å². The first-order valence-corrected chi connectivity index (χ1v) is 4.60. The SMILES string of the molecule is C/C=C/C(OCC)C(C)(CO)CO. The van der Waals surface area contributed by atoms with E-state index in [1.165, 1.54) is 0 Å². The van der Waals surface area contributed by atoms with Gasteiger partial charge in [0.1, 0.15) is 0 Å². The van der Waals surface area contributed by atoms with Gasteiger partial charge in [0.2, 0.25) is 0 Å². The minimum atomic E-state index is -0.595. The van der Waals surface area contributed by atoms with Crippen LogP contribution in [0.4, 0.5) is 0 Å². The Balaban J connectivity index is 4.47. The molecular weight excluding hydrogens is 168 g/mol. The number of aliphatic hydroxyl groups is 2. The second-order valence-corrected chi connectivity index (χ2v) is 3.37. The van der Waals surface area contributed by atoms with Crippen LogP contribution in [0.1, 0.15) is 20.8 Å². The number of allylic oxidation sites excluding steroid dienone is 1. The van der Waals surface area contributed by atoms with Gasteiger partial charge in [0, 0.05) is 12.0 Å². The van der Waals surface area contributed by atoms with E-state index >= 15 is 0 Å². The summed E-state index contributed by atoms with van der Waals surface area (Å²) >= 11 is 0. The van der Waals surface area contributed by atoms with Crippen molar-refractivity contribution in [2.24, 2.45) is 5.41 Å². The summed E-state index contributed by atoms with van der Waals surface area (Å²) in [7, 11) is 0. The third-order valence-corrected chi connectivity index (χ3v) is 2.12. The van der Waals surface area contributed by atoms with Crippen molar-refractivity contribution in [3.8, 4) is 0 Å². The highest BCUT2D eigenvalue weighted by molar-refractivity contribution is 4.97. The molecule has 78 valence electrons. The number of ether oxygens (including phenoxy) is 1. The van der Waals surface area contributed by atoms with E-state index < -0.39 is 5.41 Å². The van der Waals surface area contributed by atoms with Crippen LogP contribution in [0, 0.1) is 5.41 Å². The fraction of sp³-hybridized carbons (Fsp3) is 0.800. The Kier molecular flexibility index (Phi) is 5.95. The molecule has 1 atom stereocenters. The van der Waals surface area contributed by atoms with Crippen LogP contribution in [-0.4, -0.2) is 36.1 Å². The smallest absolute Gasteiger partial charge is 0.0853 e. The molecule has 0 aliphatic carbocycles. The Morgan fingerprint density at radius 2 is 1.92 bits per heavy atom. The Morgan fingerprint density at radius 1 is 1.38 bits per heavy atom. The molecule has 0 aliphatic heterocycles. The van der Waals surface area contributed by atoms with Crippen LogP contribution in [0.15, 0.2) is 12.2 Å². The van der Waals surface area contributed by atoms with Crippen LogP contribution in [0.25, 0.3) is 0 Å². The predicted octanol–water partition coefficient (Wildman–Crippen LogP) is 0.958. The van der Waals surface area contributed by atoms with Crippen LogP contribution < -0.4 is 0 Å². The molecule has 0 aliphatic rings. The van der Waals surface area contributed by atoms with Gasteiger partial charge in [-0.05, 0) is 13.8 Å². The Bertz CT molecular complexity index is 150. The average Bonchev–Trinajstić information content (AvgIpc) is 2.16. The second kappa shape index (κ2) is 6.13. The van der Waals surface area contributed by atoms with Crippen LogP contribution in [0.5, 0.6) is 0 Å². The van der Waals surface area contributed by atoms with Gasteiger partial charge in [-0.25, -0.2) is 0 Å². The van der Waals surface area contributed by atoms with Crippen molar-refractivity contribution in [3.05, 3.63) is 12.2 Å². The first kappa shape index (κ1) is 12.6. The maximum absolute atomic E-state index is 9.14. The lowest BCUT2D eigenvalue weighted by atomic mass is 9.85. The molecule has 0 saturated heterocycles. The van der Waals surface area contributed by atoms with Crippen molar-refractivity contribution in [2.75, 3.05) is 19.8 Å². The average molecular weight is 188 g/mol. The van der Waals surface area contributed by atoms with Gasteiger partial charge in [-0.3, -0.25) is 0 Å². The number of hydrogen-bond donors (Lipinski definition) is 2. The molecular formula is C10H20O3. The molecule has 0 rings (SSSR count). The van der Waals surface area contributed by atoms with Gasteiger partial charge < -0.3 is 14.9 Å². The highest BCUT2D eigenvalue weighted by Crippen LogP contribution is 2.23. The molecule has 0 saturated carbocycles. The van der Waals surface area contributed by atoms with Gasteiger partial charge in [-0.2, -0.15) is 0 Å². The normalized spacial score (nSPS) is 15.2. The topological polar surface area (TPSA) is 49.7 Å². The maximum atomic E-state index is 9.14. The summed E-state index contributed by atoms with van der Waals surface area (Å²) in [6.45, 7) is 5.99. The van der Waals surface area contributed by atoms with Crippen LogP contribution in [-0.2, 0) is 4.74 Å². The van der Waals surface area contributed by atoms with Crippen molar-refractivity contribution < 1.29 is 14.9 Å². The molecule has 0 aromatic rings. The third kappa shape index (κ3) is 3.46. The summed E-state index contributed by atoms with van der Waals surface area (Å²) < 4.78 is 5.42. The summed E-state index contributed by atoms with van der Waals surface area (Å²) in [4.78, 5) is 0. The van der Waals surface area contributed by atoms with E-state index in [4.69, 9.17) is 14.9 Å². The van der Waals surface area contributed by atoms with Crippen molar-refractivity contribution in [2.45, 2.75) is 26.9 Å².